The molecule has 0 aliphatic carbocycles. The van der Waals surface area contributed by atoms with Crippen LogP contribution in [-0.4, -0.2) is 43.8 Å². The minimum absolute atomic E-state index is 0.0228. The van der Waals surface area contributed by atoms with Crippen molar-refractivity contribution in [1.29, 1.82) is 0 Å². The molecule has 37 heavy (non-hydrogen) atoms. The van der Waals surface area contributed by atoms with E-state index < -0.39 is 40.2 Å². The second-order valence-corrected chi connectivity index (χ2v) is 11.0. The van der Waals surface area contributed by atoms with Crippen LogP contribution in [0.2, 0.25) is 0 Å². The molecule has 3 aromatic carbocycles. The predicted molar refractivity (Wildman–Crippen MR) is 142 cm³/mol. The van der Waals surface area contributed by atoms with E-state index in [1.807, 2.05) is 6.92 Å². The van der Waals surface area contributed by atoms with E-state index >= 15 is 0 Å². The number of carbonyl (C=O) groups excluding carboxylic acids is 2. The number of carbonyl (C=O) groups is 2. The lowest BCUT2D eigenvalue weighted by molar-refractivity contribution is -0.139. The van der Waals surface area contributed by atoms with Gasteiger partial charge in [0.15, 0.2) is 0 Å². The Labute approximate surface area is 218 Å². The fraction of sp³-hybridized carbons (Fsp3) is 0.286. The van der Waals surface area contributed by atoms with Crippen LogP contribution >= 0.6 is 0 Å². The van der Waals surface area contributed by atoms with E-state index in [9.17, 15) is 22.4 Å². The zero-order valence-corrected chi connectivity index (χ0v) is 22.2. The molecule has 0 spiro atoms. The minimum Gasteiger partial charge on any atom is -0.352 e. The zero-order chi connectivity index (χ0) is 27.2. The lowest BCUT2D eigenvalue weighted by Gasteiger charge is -2.32. The number of hydrogen-bond donors (Lipinski definition) is 1. The van der Waals surface area contributed by atoms with Gasteiger partial charge in [-0.25, -0.2) is 12.8 Å². The first-order valence-corrected chi connectivity index (χ1v) is 13.4. The molecule has 0 saturated heterocycles. The van der Waals surface area contributed by atoms with Gasteiger partial charge in [0.1, 0.15) is 18.4 Å². The van der Waals surface area contributed by atoms with E-state index in [-0.39, 0.29) is 23.0 Å². The maximum atomic E-state index is 14.5. The van der Waals surface area contributed by atoms with Gasteiger partial charge in [-0.1, -0.05) is 54.1 Å². The predicted octanol–water partition coefficient (Wildman–Crippen LogP) is 4.27. The molecule has 3 rings (SSSR count). The van der Waals surface area contributed by atoms with Crippen LogP contribution in [0.15, 0.2) is 83.8 Å². The molecule has 0 saturated carbocycles. The Morgan fingerprint density at radius 1 is 0.892 bits per heavy atom. The van der Waals surface area contributed by atoms with Crippen molar-refractivity contribution in [3.05, 3.63) is 95.8 Å². The van der Waals surface area contributed by atoms with Gasteiger partial charge in [-0.15, -0.1) is 0 Å². The molecular weight excluding hydrogens is 493 g/mol. The molecule has 0 unspecified atom stereocenters. The molecule has 7 nitrogen and oxygen atoms in total. The van der Waals surface area contributed by atoms with Gasteiger partial charge in [-0.05, 0) is 58.0 Å². The maximum absolute atomic E-state index is 14.5. The summed E-state index contributed by atoms with van der Waals surface area (Å²) in [7, 11) is -4.13. The lowest BCUT2D eigenvalue weighted by atomic mass is 10.1. The standard InChI is InChI=1S/C28H32FN3O4S/c1-20(2)30-28(34)22(4)31(18-23-10-8-9-13-26(23)29)27(33)19-32(24-16-14-21(3)15-17-24)37(35,36)25-11-6-5-7-12-25/h5-17,20,22H,18-19H2,1-4H3,(H,30,34)/t22-/m1/s1. The number of nitrogens with one attached hydrogen (secondary N) is 1. The summed E-state index contributed by atoms with van der Waals surface area (Å²) in [6, 6.07) is 19.4. The molecule has 0 aliphatic rings. The Balaban J connectivity index is 2.02. The van der Waals surface area contributed by atoms with Crippen molar-refractivity contribution in [2.45, 2.75) is 51.2 Å². The van der Waals surface area contributed by atoms with E-state index in [1.165, 1.54) is 35.2 Å². The van der Waals surface area contributed by atoms with E-state index in [0.29, 0.717) is 5.69 Å². The number of anilines is 1. The molecule has 9 heteroatoms. The van der Waals surface area contributed by atoms with Crippen molar-refractivity contribution < 1.29 is 22.4 Å². The molecule has 1 atom stereocenters. The topological polar surface area (TPSA) is 86.8 Å². The van der Waals surface area contributed by atoms with Crippen molar-refractivity contribution in [3.8, 4) is 0 Å². The summed E-state index contributed by atoms with van der Waals surface area (Å²) in [5.74, 6) is -1.59. The number of amides is 2. The second kappa shape index (κ2) is 12.0. The highest BCUT2D eigenvalue weighted by atomic mass is 32.2. The number of benzene rings is 3. The van der Waals surface area contributed by atoms with Crippen LogP contribution in [-0.2, 0) is 26.2 Å². The quantitative estimate of drug-likeness (QED) is 0.428. The Hall–Kier alpha value is -3.72. The van der Waals surface area contributed by atoms with Crippen molar-refractivity contribution in [2.24, 2.45) is 0 Å². The van der Waals surface area contributed by atoms with Gasteiger partial charge in [0.05, 0.1) is 10.6 Å². The van der Waals surface area contributed by atoms with Gasteiger partial charge >= 0.3 is 0 Å². The molecule has 196 valence electrons. The third kappa shape index (κ3) is 6.95. The highest BCUT2D eigenvalue weighted by Crippen LogP contribution is 2.25. The van der Waals surface area contributed by atoms with Gasteiger partial charge in [-0.2, -0.15) is 0 Å². The Morgan fingerprint density at radius 3 is 2.08 bits per heavy atom. The average molecular weight is 526 g/mol. The first-order chi connectivity index (χ1) is 17.5. The van der Waals surface area contributed by atoms with Gasteiger partial charge in [0.25, 0.3) is 10.0 Å². The highest BCUT2D eigenvalue weighted by Gasteiger charge is 2.32. The van der Waals surface area contributed by atoms with Crippen LogP contribution in [0.4, 0.5) is 10.1 Å². The van der Waals surface area contributed by atoms with Gasteiger partial charge < -0.3 is 10.2 Å². The lowest BCUT2D eigenvalue weighted by Crippen LogP contribution is -2.52. The maximum Gasteiger partial charge on any atom is 0.264 e. The smallest absolute Gasteiger partial charge is 0.264 e. The summed E-state index contributed by atoms with van der Waals surface area (Å²) < 4.78 is 42.8. The minimum atomic E-state index is -4.13. The highest BCUT2D eigenvalue weighted by molar-refractivity contribution is 7.92. The molecule has 0 heterocycles. The first-order valence-electron chi connectivity index (χ1n) is 12.0. The van der Waals surface area contributed by atoms with Crippen LogP contribution in [0.25, 0.3) is 0 Å². The molecule has 0 aliphatic heterocycles. The summed E-state index contributed by atoms with van der Waals surface area (Å²) >= 11 is 0. The largest absolute Gasteiger partial charge is 0.352 e. The second-order valence-electron chi connectivity index (χ2n) is 9.11. The van der Waals surface area contributed by atoms with Crippen molar-refractivity contribution in [2.75, 3.05) is 10.8 Å². The van der Waals surface area contributed by atoms with Gasteiger partial charge in [0, 0.05) is 18.2 Å². The van der Waals surface area contributed by atoms with Gasteiger partial charge in [-0.3, -0.25) is 13.9 Å². The van der Waals surface area contributed by atoms with Crippen molar-refractivity contribution in [1.82, 2.24) is 10.2 Å². The summed E-state index contributed by atoms with van der Waals surface area (Å²) in [6.45, 7) is 6.21. The van der Waals surface area contributed by atoms with Crippen LogP contribution < -0.4 is 9.62 Å². The summed E-state index contributed by atoms with van der Waals surface area (Å²) in [5.41, 5.74) is 1.44. The van der Waals surface area contributed by atoms with Gasteiger partial charge in [0.2, 0.25) is 11.8 Å². The fourth-order valence-corrected chi connectivity index (χ4v) is 5.19. The third-order valence-electron chi connectivity index (χ3n) is 5.83. The molecule has 0 fully saturated rings. The van der Waals surface area contributed by atoms with E-state index in [2.05, 4.69) is 5.32 Å². The molecule has 0 aromatic heterocycles. The number of halogens is 1. The fourth-order valence-electron chi connectivity index (χ4n) is 3.76. The molecular formula is C28H32FN3O4S. The molecule has 0 bridgehead atoms. The Kier molecular flexibility index (Phi) is 9.04. The number of rotatable bonds is 10. The number of sulfonamides is 1. The SMILES string of the molecule is Cc1ccc(N(CC(=O)N(Cc2ccccc2F)[C@H](C)C(=O)NC(C)C)S(=O)(=O)c2ccccc2)cc1. The Bertz CT molecular complexity index is 1330. The summed E-state index contributed by atoms with van der Waals surface area (Å²) in [6.07, 6.45) is 0. The van der Waals surface area contributed by atoms with E-state index in [1.54, 1.807) is 69.3 Å². The van der Waals surface area contributed by atoms with Crippen LogP contribution in [0, 0.1) is 12.7 Å². The van der Waals surface area contributed by atoms with Crippen LogP contribution in [0.1, 0.15) is 31.9 Å². The van der Waals surface area contributed by atoms with Crippen molar-refractivity contribution >= 4 is 27.5 Å². The normalized spacial score (nSPS) is 12.2. The summed E-state index contributed by atoms with van der Waals surface area (Å²) in [4.78, 5) is 27.8. The first kappa shape index (κ1) is 27.9. The van der Waals surface area contributed by atoms with Crippen LogP contribution in [0.5, 0.6) is 0 Å². The zero-order valence-electron chi connectivity index (χ0n) is 21.4. The third-order valence-corrected chi connectivity index (χ3v) is 7.62. The number of hydrogen-bond acceptors (Lipinski definition) is 4. The van der Waals surface area contributed by atoms with Crippen molar-refractivity contribution in [3.63, 3.8) is 0 Å². The molecule has 0 radical (unpaired) electrons. The molecule has 1 N–H and O–H groups in total. The van der Waals surface area contributed by atoms with E-state index in [4.69, 9.17) is 0 Å². The Morgan fingerprint density at radius 2 is 1.49 bits per heavy atom. The van der Waals surface area contributed by atoms with E-state index in [0.717, 1.165) is 9.87 Å². The number of nitrogens with zero attached hydrogens (tertiary/aromatic N) is 2. The summed E-state index contributed by atoms with van der Waals surface area (Å²) in [5, 5.41) is 2.77. The number of aryl methyl sites for hydroxylation is 1. The van der Waals surface area contributed by atoms with Crippen LogP contribution in [0.3, 0.4) is 0 Å². The molecule has 3 aromatic rings. The average Bonchev–Trinajstić information content (AvgIpc) is 2.87. The monoisotopic (exact) mass is 525 g/mol. The molecule has 2 amide bonds.